The second-order valence-electron chi connectivity index (χ2n) is 5.75. The Bertz CT molecular complexity index is 1180. The summed E-state index contributed by atoms with van der Waals surface area (Å²) in [5.41, 5.74) is 1.27. The lowest BCUT2D eigenvalue weighted by Gasteiger charge is -2.05. The maximum Gasteiger partial charge on any atom is 0.160 e. The predicted octanol–water partition coefficient (Wildman–Crippen LogP) is 6.43. The third kappa shape index (κ3) is 3.14. The van der Waals surface area contributed by atoms with Crippen molar-refractivity contribution in [2.45, 2.75) is 0 Å². The first-order valence-electron chi connectivity index (χ1n) is 7.69. The first-order chi connectivity index (χ1) is 12.1. The van der Waals surface area contributed by atoms with Crippen LogP contribution in [0.4, 0.5) is 8.78 Å². The molecule has 0 aliphatic carbocycles. The first-order valence-corrected chi connectivity index (χ1v) is 8.48. The molecule has 3 heteroatoms. The molecule has 0 saturated heterocycles. The summed E-state index contributed by atoms with van der Waals surface area (Å²) in [6.45, 7) is 0. The highest BCUT2D eigenvalue weighted by Crippen LogP contribution is 2.28. The minimum atomic E-state index is -0.886. The largest absolute Gasteiger partial charge is 0.204 e. The second-order valence-corrected chi connectivity index (χ2v) is 6.66. The average Bonchev–Trinajstić information content (AvgIpc) is 2.62. The predicted molar refractivity (Wildman–Crippen MR) is 101 cm³/mol. The van der Waals surface area contributed by atoms with E-state index >= 15 is 0 Å². The third-order valence-corrected chi connectivity index (χ3v) is 4.56. The smallest absolute Gasteiger partial charge is 0.160 e. The molecule has 0 N–H and O–H groups in total. The highest BCUT2D eigenvalue weighted by atomic mass is 79.9. The van der Waals surface area contributed by atoms with Gasteiger partial charge >= 0.3 is 0 Å². The van der Waals surface area contributed by atoms with Crippen LogP contribution in [0.25, 0.3) is 21.5 Å². The van der Waals surface area contributed by atoms with E-state index in [-0.39, 0.29) is 0 Å². The van der Waals surface area contributed by atoms with Gasteiger partial charge in [-0.3, -0.25) is 0 Å². The van der Waals surface area contributed by atoms with E-state index in [1.165, 1.54) is 16.8 Å². The summed E-state index contributed by atoms with van der Waals surface area (Å²) >= 11 is 3.49. The van der Waals surface area contributed by atoms with Crippen molar-refractivity contribution in [3.8, 4) is 11.8 Å². The Labute approximate surface area is 152 Å². The van der Waals surface area contributed by atoms with E-state index in [0.29, 0.717) is 5.56 Å². The van der Waals surface area contributed by atoms with E-state index in [1.807, 2.05) is 24.3 Å². The molecule has 120 valence electrons. The summed E-state index contributed by atoms with van der Waals surface area (Å²) in [6.07, 6.45) is 0. The molecule has 25 heavy (non-hydrogen) atoms. The lowest BCUT2D eigenvalue weighted by atomic mass is 10.0. The van der Waals surface area contributed by atoms with Gasteiger partial charge in [-0.2, -0.15) is 0 Å². The standard InChI is InChI=1S/C22H11BrF2/c23-18-7-9-20-17(13-18)6-5-16-11-14(3-8-19(16)20)1-2-15-4-10-21(24)22(25)12-15/h3-13H. The Morgan fingerprint density at radius 2 is 1.20 bits per heavy atom. The van der Waals surface area contributed by atoms with Gasteiger partial charge in [0.25, 0.3) is 0 Å². The number of rotatable bonds is 0. The minimum Gasteiger partial charge on any atom is -0.204 e. The molecule has 0 saturated carbocycles. The Morgan fingerprint density at radius 1 is 0.600 bits per heavy atom. The highest BCUT2D eigenvalue weighted by Gasteiger charge is 2.03. The van der Waals surface area contributed by atoms with Gasteiger partial charge < -0.3 is 0 Å². The van der Waals surface area contributed by atoms with Crippen molar-refractivity contribution in [2.75, 3.05) is 0 Å². The molecule has 4 rings (SSSR count). The van der Waals surface area contributed by atoms with Gasteiger partial charge in [0.2, 0.25) is 0 Å². The molecule has 4 aromatic carbocycles. The zero-order chi connectivity index (χ0) is 17.4. The van der Waals surface area contributed by atoms with Crippen LogP contribution in [0.5, 0.6) is 0 Å². The molecule has 0 atom stereocenters. The summed E-state index contributed by atoms with van der Waals surface area (Å²) in [7, 11) is 0. The second kappa shape index (κ2) is 6.31. The number of fused-ring (bicyclic) bond motifs is 3. The fourth-order valence-electron chi connectivity index (χ4n) is 2.84. The average molecular weight is 393 g/mol. The molecule has 0 aromatic heterocycles. The van der Waals surface area contributed by atoms with E-state index < -0.39 is 11.6 Å². The molecule has 4 aromatic rings. The maximum absolute atomic E-state index is 13.2. The number of benzene rings is 4. The molecule has 0 aliphatic rings. The summed E-state index contributed by atoms with van der Waals surface area (Å²) in [5.74, 6) is 4.13. The molecule has 0 spiro atoms. The molecule has 0 bridgehead atoms. The van der Waals surface area contributed by atoms with Crippen LogP contribution in [0.1, 0.15) is 11.1 Å². The van der Waals surface area contributed by atoms with Crippen LogP contribution < -0.4 is 0 Å². The van der Waals surface area contributed by atoms with Gasteiger partial charge in [-0.25, -0.2) is 8.78 Å². The van der Waals surface area contributed by atoms with Crippen molar-refractivity contribution in [3.63, 3.8) is 0 Å². The fraction of sp³-hybridized carbons (Fsp3) is 0. The Kier molecular flexibility index (Phi) is 3.99. The van der Waals surface area contributed by atoms with Crippen LogP contribution in [0.3, 0.4) is 0 Å². The molecular formula is C22H11BrF2. The molecule has 0 amide bonds. The third-order valence-electron chi connectivity index (χ3n) is 4.07. The van der Waals surface area contributed by atoms with E-state index in [1.54, 1.807) is 0 Å². The minimum absolute atomic E-state index is 0.447. The van der Waals surface area contributed by atoms with Crippen LogP contribution in [0.15, 0.2) is 71.2 Å². The Morgan fingerprint density at radius 3 is 1.92 bits per heavy atom. The van der Waals surface area contributed by atoms with Gasteiger partial charge in [0.1, 0.15) is 0 Å². The lowest BCUT2D eigenvalue weighted by molar-refractivity contribution is 0.508. The summed E-state index contributed by atoms with van der Waals surface area (Å²) in [6, 6.07) is 20.0. The van der Waals surface area contributed by atoms with Crippen molar-refractivity contribution in [1.82, 2.24) is 0 Å². The number of halogens is 3. The quantitative estimate of drug-likeness (QED) is 0.238. The zero-order valence-electron chi connectivity index (χ0n) is 13.0. The molecule has 0 aliphatic heterocycles. The zero-order valence-corrected chi connectivity index (χ0v) is 14.6. The van der Waals surface area contributed by atoms with Crippen LogP contribution in [0.2, 0.25) is 0 Å². The first kappa shape index (κ1) is 15.8. The molecule has 0 unspecified atom stereocenters. The molecule has 0 radical (unpaired) electrons. The fourth-order valence-corrected chi connectivity index (χ4v) is 3.22. The molecular weight excluding hydrogens is 382 g/mol. The van der Waals surface area contributed by atoms with Gasteiger partial charge in [0, 0.05) is 15.6 Å². The summed E-state index contributed by atoms with van der Waals surface area (Å²) < 4.78 is 27.3. The van der Waals surface area contributed by atoms with Crippen molar-refractivity contribution < 1.29 is 8.78 Å². The maximum atomic E-state index is 13.2. The van der Waals surface area contributed by atoms with Crippen LogP contribution in [0, 0.1) is 23.5 Å². The molecule has 0 nitrogen and oxygen atoms in total. The van der Waals surface area contributed by atoms with Crippen molar-refractivity contribution in [1.29, 1.82) is 0 Å². The summed E-state index contributed by atoms with van der Waals surface area (Å²) in [4.78, 5) is 0. The highest BCUT2D eigenvalue weighted by molar-refractivity contribution is 9.10. The number of hydrogen-bond donors (Lipinski definition) is 0. The van der Waals surface area contributed by atoms with Crippen molar-refractivity contribution in [3.05, 3.63) is 94.0 Å². The van der Waals surface area contributed by atoms with Crippen LogP contribution in [-0.4, -0.2) is 0 Å². The molecule has 0 heterocycles. The van der Waals surface area contributed by atoms with Gasteiger partial charge in [-0.05, 0) is 64.0 Å². The Balaban J connectivity index is 1.77. The normalized spacial score (nSPS) is 10.7. The van der Waals surface area contributed by atoms with Crippen molar-refractivity contribution >= 4 is 37.5 Å². The van der Waals surface area contributed by atoms with E-state index in [2.05, 4.69) is 52.0 Å². The SMILES string of the molecule is Fc1ccc(C#Cc2ccc3c(ccc4cc(Br)ccc43)c2)cc1F. The van der Waals surface area contributed by atoms with Gasteiger partial charge in [0.15, 0.2) is 11.6 Å². The van der Waals surface area contributed by atoms with Crippen LogP contribution >= 0.6 is 15.9 Å². The van der Waals surface area contributed by atoms with Gasteiger partial charge in [-0.1, -0.05) is 52.0 Å². The van der Waals surface area contributed by atoms with E-state index in [4.69, 9.17) is 0 Å². The molecule has 0 fully saturated rings. The van der Waals surface area contributed by atoms with Gasteiger partial charge in [-0.15, -0.1) is 0 Å². The van der Waals surface area contributed by atoms with Crippen LogP contribution in [-0.2, 0) is 0 Å². The monoisotopic (exact) mass is 392 g/mol. The summed E-state index contributed by atoms with van der Waals surface area (Å²) in [5, 5.41) is 4.60. The topological polar surface area (TPSA) is 0 Å². The number of hydrogen-bond acceptors (Lipinski definition) is 0. The van der Waals surface area contributed by atoms with Gasteiger partial charge in [0.05, 0.1) is 0 Å². The lowest BCUT2D eigenvalue weighted by Crippen LogP contribution is -1.85. The van der Waals surface area contributed by atoms with E-state index in [9.17, 15) is 8.78 Å². The van der Waals surface area contributed by atoms with Crippen molar-refractivity contribution in [2.24, 2.45) is 0 Å². The van der Waals surface area contributed by atoms with E-state index in [0.717, 1.165) is 32.9 Å². The Hall–Kier alpha value is -2.70.